The molecule has 1 fully saturated rings. The normalized spacial score (nSPS) is 16.9. The monoisotopic (exact) mass is 250 g/mol. The molecule has 0 spiro atoms. The van der Waals surface area contributed by atoms with Crippen molar-refractivity contribution < 1.29 is 14.3 Å². The number of likely N-dealkylation sites (tertiary alicyclic amines) is 1. The van der Waals surface area contributed by atoms with Crippen LogP contribution in [0.4, 0.5) is 4.39 Å². The van der Waals surface area contributed by atoms with E-state index < -0.39 is 0 Å². The summed E-state index contributed by atoms with van der Waals surface area (Å²) in [4.78, 5) is 13.6. The molecule has 0 atom stereocenters. The minimum Gasteiger partial charge on any atom is -0.393 e. The van der Waals surface area contributed by atoms with E-state index in [0.29, 0.717) is 32.4 Å². The Morgan fingerprint density at radius 3 is 2.56 bits per heavy atom. The number of amides is 1. The van der Waals surface area contributed by atoms with Gasteiger partial charge in [0.15, 0.2) is 0 Å². The van der Waals surface area contributed by atoms with E-state index in [1.54, 1.807) is 23.5 Å². The Morgan fingerprint density at radius 1 is 1.33 bits per heavy atom. The zero-order valence-corrected chi connectivity index (χ0v) is 10.2. The van der Waals surface area contributed by atoms with Gasteiger partial charge in [-0.15, -0.1) is 0 Å². The maximum Gasteiger partial charge on any atom is 0.226 e. The van der Waals surface area contributed by atoms with Crippen molar-refractivity contribution in [1.29, 1.82) is 0 Å². The van der Waals surface area contributed by atoms with Crippen LogP contribution < -0.4 is 0 Å². The fraction of sp³-hybridized carbons (Fsp3) is 0.429. The Hall–Kier alpha value is -1.42. The number of aliphatic hydroxyl groups is 1. The fourth-order valence-electron chi connectivity index (χ4n) is 2.04. The van der Waals surface area contributed by atoms with E-state index in [0.717, 1.165) is 5.56 Å². The molecule has 1 heterocycles. The first-order chi connectivity index (χ1) is 8.65. The predicted molar refractivity (Wildman–Crippen MR) is 66.2 cm³/mol. The highest BCUT2D eigenvalue weighted by Crippen LogP contribution is 2.12. The second-order valence-corrected chi connectivity index (χ2v) is 4.59. The number of hydrogen-bond acceptors (Lipinski definition) is 2. The van der Waals surface area contributed by atoms with Crippen LogP contribution in [0.1, 0.15) is 18.4 Å². The SMILES string of the molecule is O=C([CH]Cc1ccc(F)cc1)N1CCC(O)CC1. The maximum absolute atomic E-state index is 12.7. The third kappa shape index (κ3) is 3.53. The molecule has 0 bridgehead atoms. The van der Waals surface area contributed by atoms with Gasteiger partial charge >= 0.3 is 0 Å². The van der Waals surface area contributed by atoms with Gasteiger partial charge in [0.25, 0.3) is 0 Å². The van der Waals surface area contributed by atoms with Crippen molar-refractivity contribution in [2.45, 2.75) is 25.4 Å². The van der Waals surface area contributed by atoms with Gasteiger partial charge in [0.05, 0.1) is 12.5 Å². The average Bonchev–Trinajstić information content (AvgIpc) is 2.38. The van der Waals surface area contributed by atoms with Gasteiger partial charge < -0.3 is 10.0 Å². The number of carbonyl (C=O) groups excluding carboxylic acids is 1. The van der Waals surface area contributed by atoms with Gasteiger partial charge in [-0.2, -0.15) is 0 Å². The summed E-state index contributed by atoms with van der Waals surface area (Å²) in [5, 5.41) is 9.36. The molecule has 97 valence electrons. The number of carbonyl (C=O) groups is 1. The van der Waals surface area contributed by atoms with E-state index in [2.05, 4.69) is 0 Å². The Labute approximate surface area is 106 Å². The first kappa shape index (κ1) is 13.0. The van der Waals surface area contributed by atoms with Gasteiger partial charge in [-0.05, 0) is 37.0 Å². The summed E-state index contributed by atoms with van der Waals surface area (Å²) in [5.41, 5.74) is 0.918. The van der Waals surface area contributed by atoms with Crippen LogP contribution in [0, 0.1) is 12.2 Å². The highest BCUT2D eigenvalue weighted by atomic mass is 19.1. The molecule has 1 N–H and O–H groups in total. The summed E-state index contributed by atoms with van der Waals surface area (Å²) in [5.74, 6) is -0.277. The average molecular weight is 250 g/mol. The molecule has 1 amide bonds. The van der Waals surface area contributed by atoms with Gasteiger partial charge in [-0.1, -0.05) is 12.1 Å². The molecule has 1 aliphatic rings. The van der Waals surface area contributed by atoms with Crippen molar-refractivity contribution in [3.63, 3.8) is 0 Å². The molecule has 0 unspecified atom stereocenters. The molecule has 1 aliphatic heterocycles. The molecule has 18 heavy (non-hydrogen) atoms. The van der Waals surface area contributed by atoms with Crippen LogP contribution in [-0.2, 0) is 11.2 Å². The smallest absolute Gasteiger partial charge is 0.226 e. The largest absolute Gasteiger partial charge is 0.393 e. The lowest BCUT2D eigenvalue weighted by molar-refractivity contribution is -0.129. The molecule has 0 saturated carbocycles. The van der Waals surface area contributed by atoms with Crippen molar-refractivity contribution in [2.75, 3.05) is 13.1 Å². The maximum atomic E-state index is 12.7. The summed E-state index contributed by atoms with van der Waals surface area (Å²) < 4.78 is 12.7. The summed E-state index contributed by atoms with van der Waals surface area (Å²) in [7, 11) is 0. The van der Waals surface area contributed by atoms with Gasteiger partial charge in [0.1, 0.15) is 5.82 Å². The molecule has 0 aliphatic carbocycles. The van der Waals surface area contributed by atoms with E-state index in [1.807, 2.05) is 0 Å². The molecule has 1 aromatic rings. The third-order valence-electron chi connectivity index (χ3n) is 3.20. The first-order valence-electron chi connectivity index (χ1n) is 6.20. The van der Waals surface area contributed by atoms with E-state index in [1.165, 1.54) is 12.1 Å². The topological polar surface area (TPSA) is 40.5 Å². The van der Waals surface area contributed by atoms with Crippen molar-refractivity contribution in [3.05, 3.63) is 42.1 Å². The Kier molecular flexibility index (Phi) is 4.31. The number of piperidine rings is 1. The molecular weight excluding hydrogens is 233 g/mol. The second-order valence-electron chi connectivity index (χ2n) is 4.59. The van der Waals surface area contributed by atoms with Crippen LogP contribution in [0.2, 0.25) is 0 Å². The summed E-state index contributed by atoms with van der Waals surface area (Å²) in [6.45, 7) is 1.22. The van der Waals surface area contributed by atoms with E-state index >= 15 is 0 Å². The van der Waals surface area contributed by atoms with E-state index in [9.17, 15) is 14.3 Å². The fourth-order valence-corrected chi connectivity index (χ4v) is 2.04. The highest BCUT2D eigenvalue weighted by Gasteiger charge is 2.20. The molecule has 3 nitrogen and oxygen atoms in total. The molecule has 2 rings (SSSR count). The van der Waals surface area contributed by atoms with Crippen molar-refractivity contribution in [1.82, 2.24) is 4.90 Å². The van der Waals surface area contributed by atoms with Crippen LogP contribution in [0.25, 0.3) is 0 Å². The number of halogens is 1. The number of benzene rings is 1. The molecule has 0 aromatic heterocycles. The molecule has 4 heteroatoms. The Balaban J connectivity index is 1.79. The number of aliphatic hydroxyl groups excluding tert-OH is 1. The van der Waals surface area contributed by atoms with Crippen molar-refractivity contribution in [3.8, 4) is 0 Å². The van der Waals surface area contributed by atoms with Gasteiger partial charge in [-0.25, -0.2) is 4.39 Å². The molecular formula is C14H17FNO2. The Bertz CT molecular complexity index is 397. The highest BCUT2D eigenvalue weighted by molar-refractivity contribution is 5.85. The first-order valence-corrected chi connectivity index (χ1v) is 6.20. The van der Waals surface area contributed by atoms with E-state index in [4.69, 9.17) is 0 Å². The minimum absolute atomic E-state index is 0.00812. The van der Waals surface area contributed by atoms with Crippen LogP contribution in [-0.4, -0.2) is 35.1 Å². The summed E-state index contributed by atoms with van der Waals surface area (Å²) in [6.07, 6.45) is 3.15. The van der Waals surface area contributed by atoms with Gasteiger partial charge in [-0.3, -0.25) is 4.79 Å². The lowest BCUT2D eigenvalue weighted by Gasteiger charge is -2.29. The zero-order chi connectivity index (χ0) is 13.0. The summed E-state index contributed by atoms with van der Waals surface area (Å²) >= 11 is 0. The molecule has 1 aromatic carbocycles. The molecule has 1 saturated heterocycles. The molecule has 1 radical (unpaired) electrons. The van der Waals surface area contributed by atoms with Gasteiger partial charge in [0, 0.05) is 13.1 Å². The minimum atomic E-state index is -0.272. The predicted octanol–water partition coefficient (Wildman–Crippen LogP) is 1.56. The lowest BCUT2D eigenvalue weighted by atomic mass is 10.1. The van der Waals surface area contributed by atoms with Crippen LogP contribution in [0.3, 0.4) is 0 Å². The quantitative estimate of drug-likeness (QED) is 0.884. The lowest BCUT2D eigenvalue weighted by Crippen LogP contribution is -2.40. The number of rotatable bonds is 3. The Morgan fingerprint density at radius 2 is 1.94 bits per heavy atom. The number of nitrogens with zero attached hydrogens (tertiary/aromatic N) is 1. The van der Waals surface area contributed by atoms with Crippen LogP contribution >= 0.6 is 0 Å². The second kappa shape index (κ2) is 5.96. The van der Waals surface area contributed by atoms with Crippen LogP contribution in [0.5, 0.6) is 0 Å². The zero-order valence-electron chi connectivity index (χ0n) is 10.2. The van der Waals surface area contributed by atoms with Crippen molar-refractivity contribution in [2.24, 2.45) is 0 Å². The third-order valence-corrected chi connectivity index (χ3v) is 3.20. The van der Waals surface area contributed by atoms with Crippen LogP contribution in [0.15, 0.2) is 24.3 Å². The van der Waals surface area contributed by atoms with Gasteiger partial charge in [0.2, 0.25) is 5.91 Å². The van der Waals surface area contributed by atoms with Crippen molar-refractivity contribution >= 4 is 5.91 Å². The summed E-state index contributed by atoms with van der Waals surface area (Å²) in [6, 6.07) is 6.15. The standard InChI is InChI=1S/C14H17FNO2/c15-12-4-1-11(2-5-12)3-6-14(18)16-9-7-13(17)8-10-16/h1-2,4-6,13,17H,3,7-10H2. The van der Waals surface area contributed by atoms with E-state index in [-0.39, 0.29) is 17.8 Å². The number of hydrogen-bond donors (Lipinski definition) is 1.